The smallest absolute Gasteiger partial charge is 0.337 e. The van der Waals surface area contributed by atoms with Crippen molar-refractivity contribution in [3.05, 3.63) is 52.3 Å². The fourth-order valence-electron chi connectivity index (χ4n) is 3.57. The van der Waals surface area contributed by atoms with Gasteiger partial charge in [-0.2, -0.15) is 18.3 Å². The van der Waals surface area contributed by atoms with Gasteiger partial charge >= 0.3 is 6.18 Å². The maximum absolute atomic E-state index is 12.8. The standard InChI is InChI=1S/C20H22F3N3O2/c1-3-16-12(2)17(25-24-16)19(28)26-10-4-5-14(11-26)18(27)13-6-8-15(9-7-13)20(21,22)23/h6-9,14H,3-5,10-11H2,1-2H3,(H,24,25)/t14-/m0/s1. The number of benzene rings is 1. The molecule has 1 atom stereocenters. The molecule has 0 spiro atoms. The van der Waals surface area contributed by atoms with Gasteiger partial charge in [-0.15, -0.1) is 0 Å². The summed E-state index contributed by atoms with van der Waals surface area (Å²) >= 11 is 0. The summed E-state index contributed by atoms with van der Waals surface area (Å²) in [5.41, 5.74) is 1.52. The van der Waals surface area contributed by atoms with Crippen molar-refractivity contribution >= 4 is 11.7 Å². The van der Waals surface area contributed by atoms with Crippen LogP contribution in [0.4, 0.5) is 13.2 Å². The van der Waals surface area contributed by atoms with Gasteiger partial charge in [-0.05, 0) is 38.3 Å². The first-order chi connectivity index (χ1) is 13.2. The number of piperidine rings is 1. The van der Waals surface area contributed by atoms with E-state index in [1.807, 2.05) is 13.8 Å². The Labute approximate surface area is 160 Å². The number of H-pyrrole nitrogens is 1. The molecule has 0 saturated carbocycles. The average molecular weight is 393 g/mol. The number of halogens is 3. The largest absolute Gasteiger partial charge is 0.416 e. The molecule has 0 bridgehead atoms. The lowest BCUT2D eigenvalue weighted by Crippen LogP contribution is -2.42. The molecular weight excluding hydrogens is 371 g/mol. The van der Waals surface area contributed by atoms with Gasteiger partial charge in [0.05, 0.1) is 5.56 Å². The van der Waals surface area contributed by atoms with Gasteiger partial charge < -0.3 is 4.90 Å². The molecule has 1 amide bonds. The predicted octanol–water partition coefficient (Wildman–Crippen LogP) is 4.03. The molecule has 1 fully saturated rings. The van der Waals surface area contributed by atoms with Crippen LogP contribution in [0.25, 0.3) is 0 Å². The molecule has 1 aromatic heterocycles. The molecule has 1 saturated heterocycles. The number of hydrogen-bond donors (Lipinski definition) is 1. The molecule has 2 aromatic rings. The van der Waals surface area contributed by atoms with Crippen molar-refractivity contribution in [3.8, 4) is 0 Å². The van der Waals surface area contributed by atoms with E-state index in [1.54, 1.807) is 4.90 Å². The highest BCUT2D eigenvalue weighted by molar-refractivity contribution is 5.99. The van der Waals surface area contributed by atoms with Crippen LogP contribution in [0.3, 0.4) is 0 Å². The Morgan fingerprint density at radius 2 is 1.93 bits per heavy atom. The zero-order valence-corrected chi connectivity index (χ0v) is 15.8. The minimum Gasteiger partial charge on any atom is -0.337 e. The lowest BCUT2D eigenvalue weighted by molar-refractivity contribution is -0.137. The molecule has 8 heteroatoms. The van der Waals surface area contributed by atoms with Crippen LogP contribution >= 0.6 is 0 Å². The third-order valence-corrected chi connectivity index (χ3v) is 5.24. The summed E-state index contributed by atoms with van der Waals surface area (Å²) in [7, 11) is 0. The van der Waals surface area contributed by atoms with Gasteiger partial charge in [0.2, 0.25) is 0 Å². The molecule has 1 N–H and O–H groups in total. The highest BCUT2D eigenvalue weighted by atomic mass is 19.4. The summed E-state index contributed by atoms with van der Waals surface area (Å²) in [6.45, 7) is 4.58. The number of aryl methyl sites for hydroxylation is 1. The lowest BCUT2D eigenvalue weighted by atomic mass is 9.89. The molecule has 2 heterocycles. The summed E-state index contributed by atoms with van der Waals surface area (Å²) < 4.78 is 38.1. The van der Waals surface area contributed by atoms with Gasteiger partial charge in [0.1, 0.15) is 0 Å². The van der Waals surface area contributed by atoms with Crippen molar-refractivity contribution in [2.24, 2.45) is 5.92 Å². The topological polar surface area (TPSA) is 66.1 Å². The summed E-state index contributed by atoms with van der Waals surface area (Å²) in [5.74, 6) is -0.892. The molecule has 1 aliphatic heterocycles. The number of carbonyl (C=O) groups is 2. The summed E-state index contributed by atoms with van der Waals surface area (Å²) in [6, 6.07) is 4.24. The third kappa shape index (κ3) is 3.95. The van der Waals surface area contributed by atoms with Gasteiger partial charge in [0.25, 0.3) is 5.91 Å². The molecular formula is C20H22F3N3O2. The molecule has 28 heavy (non-hydrogen) atoms. The zero-order valence-electron chi connectivity index (χ0n) is 15.8. The van der Waals surface area contributed by atoms with Crippen molar-refractivity contribution in [3.63, 3.8) is 0 Å². The lowest BCUT2D eigenvalue weighted by Gasteiger charge is -2.31. The first-order valence-corrected chi connectivity index (χ1v) is 9.27. The molecule has 0 unspecified atom stereocenters. The van der Waals surface area contributed by atoms with Gasteiger partial charge in [-0.3, -0.25) is 14.7 Å². The second-order valence-electron chi connectivity index (χ2n) is 7.06. The number of carbonyl (C=O) groups excluding carboxylic acids is 2. The Morgan fingerprint density at radius 3 is 2.50 bits per heavy atom. The van der Waals surface area contributed by atoms with Crippen molar-refractivity contribution in [1.29, 1.82) is 0 Å². The SMILES string of the molecule is CCc1[nH]nc(C(=O)N2CCC[C@H](C(=O)c3ccc(C(F)(F)F)cc3)C2)c1C. The van der Waals surface area contributed by atoms with Crippen molar-refractivity contribution in [2.75, 3.05) is 13.1 Å². The monoisotopic (exact) mass is 393 g/mol. The fourth-order valence-corrected chi connectivity index (χ4v) is 3.57. The normalized spacial score (nSPS) is 17.6. The number of hydrogen-bond acceptors (Lipinski definition) is 3. The van der Waals surface area contributed by atoms with E-state index in [2.05, 4.69) is 10.2 Å². The molecule has 0 radical (unpaired) electrons. The molecule has 5 nitrogen and oxygen atoms in total. The van der Waals surface area contributed by atoms with Crippen molar-refractivity contribution < 1.29 is 22.8 Å². The van der Waals surface area contributed by atoms with E-state index in [0.29, 0.717) is 25.1 Å². The summed E-state index contributed by atoms with van der Waals surface area (Å²) in [5, 5.41) is 6.98. The van der Waals surface area contributed by atoms with E-state index in [1.165, 1.54) is 12.1 Å². The van der Waals surface area contributed by atoms with Gasteiger partial charge in [-0.25, -0.2) is 0 Å². The van der Waals surface area contributed by atoms with Crippen LogP contribution in [0.2, 0.25) is 0 Å². The Bertz CT molecular complexity index is 872. The van der Waals surface area contributed by atoms with E-state index >= 15 is 0 Å². The number of rotatable bonds is 4. The maximum atomic E-state index is 12.8. The van der Waals surface area contributed by atoms with Crippen LogP contribution in [0.1, 0.15) is 57.4 Å². The van der Waals surface area contributed by atoms with E-state index in [4.69, 9.17) is 0 Å². The van der Waals surface area contributed by atoms with E-state index in [9.17, 15) is 22.8 Å². The third-order valence-electron chi connectivity index (χ3n) is 5.24. The number of likely N-dealkylation sites (tertiary alicyclic amines) is 1. The second-order valence-corrected chi connectivity index (χ2v) is 7.06. The number of amides is 1. The number of alkyl halides is 3. The van der Waals surface area contributed by atoms with Crippen LogP contribution in [0.5, 0.6) is 0 Å². The zero-order chi connectivity index (χ0) is 20.5. The molecule has 0 aliphatic carbocycles. The number of nitrogens with zero attached hydrogens (tertiary/aromatic N) is 2. The minimum absolute atomic E-state index is 0.224. The van der Waals surface area contributed by atoms with E-state index in [0.717, 1.165) is 29.8 Å². The summed E-state index contributed by atoms with van der Waals surface area (Å²) in [6.07, 6.45) is -2.44. The number of aromatic amines is 1. The molecule has 150 valence electrons. The number of nitrogens with one attached hydrogen (secondary N) is 1. The highest BCUT2D eigenvalue weighted by Crippen LogP contribution is 2.30. The Balaban J connectivity index is 1.73. The maximum Gasteiger partial charge on any atom is 0.416 e. The quantitative estimate of drug-likeness (QED) is 0.798. The van der Waals surface area contributed by atoms with E-state index < -0.39 is 17.7 Å². The van der Waals surface area contributed by atoms with Crippen LogP contribution in [-0.4, -0.2) is 39.9 Å². The number of ketones is 1. The van der Waals surface area contributed by atoms with Crippen molar-refractivity contribution in [1.82, 2.24) is 15.1 Å². The molecule has 1 aliphatic rings. The van der Waals surface area contributed by atoms with Gasteiger partial charge in [0, 0.05) is 35.8 Å². The average Bonchev–Trinajstić information content (AvgIpc) is 3.06. The van der Waals surface area contributed by atoms with Gasteiger partial charge in [0.15, 0.2) is 11.5 Å². The van der Waals surface area contributed by atoms with Crippen LogP contribution < -0.4 is 0 Å². The Morgan fingerprint density at radius 1 is 1.25 bits per heavy atom. The van der Waals surface area contributed by atoms with Crippen LogP contribution in [-0.2, 0) is 12.6 Å². The Kier molecular flexibility index (Phi) is 5.58. The Hall–Kier alpha value is -2.64. The van der Waals surface area contributed by atoms with Gasteiger partial charge in [-0.1, -0.05) is 19.1 Å². The number of aromatic nitrogens is 2. The summed E-state index contributed by atoms with van der Waals surface area (Å²) in [4.78, 5) is 27.2. The fraction of sp³-hybridized carbons (Fsp3) is 0.450. The first-order valence-electron chi connectivity index (χ1n) is 9.27. The highest BCUT2D eigenvalue weighted by Gasteiger charge is 2.33. The molecule has 3 rings (SSSR count). The minimum atomic E-state index is -4.44. The van der Waals surface area contributed by atoms with Crippen molar-refractivity contribution in [2.45, 2.75) is 39.3 Å². The number of Topliss-reactive ketones (excluding diaryl/α,β-unsaturated/α-hetero) is 1. The first kappa shape index (κ1) is 20.1. The van der Waals surface area contributed by atoms with Crippen LogP contribution in [0.15, 0.2) is 24.3 Å². The predicted molar refractivity (Wildman–Crippen MR) is 97.1 cm³/mol. The molecule has 1 aromatic carbocycles. The second kappa shape index (κ2) is 7.77. The van der Waals surface area contributed by atoms with E-state index in [-0.39, 0.29) is 23.8 Å². The van der Waals surface area contributed by atoms with Crippen LogP contribution in [0, 0.1) is 12.8 Å².